The Morgan fingerprint density at radius 3 is 2.70 bits per heavy atom. The van der Waals surface area contributed by atoms with Crippen LogP contribution in [0.25, 0.3) is 10.9 Å². The number of hydrogen-bond acceptors (Lipinski definition) is 11. The molecule has 4 N–H and O–H groups in total. The van der Waals surface area contributed by atoms with Crippen LogP contribution < -0.4 is 20.1 Å². The molecule has 1 aliphatic heterocycles. The first-order valence-electron chi connectivity index (χ1n) is 15.0. The van der Waals surface area contributed by atoms with Crippen LogP contribution in [-0.2, 0) is 16.1 Å². The molecule has 0 saturated carbocycles. The molecule has 2 aromatic heterocycles. The Kier molecular flexibility index (Phi) is 11.2. The molecule has 47 heavy (non-hydrogen) atoms. The van der Waals surface area contributed by atoms with Gasteiger partial charge in [0.05, 0.1) is 46.4 Å². The highest BCUT2D eigenvalue weighted by molar-refractivity contribution is 6.32. The number of amides is 1. The Bertz CT molecular complexity index is 1760. The van der Waals surface area contributed by atoms with E-state index >= 15 is 0 Å². The van der Waals surface area contributed by atoms with E-state index in [-0.39, 0.29) is 24.8 Å². The van der Waals surface area contributed by atoms with Gasteiger partial charge in [-0.05, 0) is 50.2 Å². The van der Waals surface area contributed by atoms with Crippen molar-refractivity contribution in [3.63, 3.8) is 0 Å². The van der Waals surface area contributed by atoms with Crippen LogP contribution in [0.4, 0.5) is 17.1 Å². The lowest BCUT2D eigenvalue weighted by molar-refractivity contribution is -0.112. The fourth-order valence-corrected chi connectivity index (χ4v) is 5.20. The van der Waals surface area contributed by atoms with Crippen LogP contribution in [0.3, 0.4) is 0 Å². The Morgan fingerprint density at radius 1 is 1.19 bits per heavy atom. The molecule has 1 aliphatic rings. The number of anilines is 3. The molecule has 3 heterocycles. The van der Waals surface area contributed by atoms with Crippen LogP contribution in [0.15, 0.2) is 73.1 Å². The summed E-state index contributed by atoms with van der Waals surface area (Å²) in [5.74, 6) is 0.411. The number of pyridine rings is 2. The molecule has 0 radical (unpaired) electrons. The zero-order chi connectivity index (χ0) is 33.3. The van der Waals surface area contributed by atoms with Crippen molar-refractivity contribution in [2.75, 3.05) is 30.4 Å². The van der Waals surface area contributed by atoms with E-state index in [1.54, 1.807) is 36.5 Å². The number of carbonyl (C=O) groups excluding carboxylic acids is 1. The van der Waals surface area contributed by atoms with E-state index in [1.807, 2.05) is 18.2 Å². The summed E-state index contributed by atoms with van der Waals surface area (Å²) in [6.45, 7) is 4.43. The number of aromatic nitrogens is 2. The van der Waals surface area contributed by atoms with Crippen LogP contribution in [0, 0.1) is 11.3 Å². The molecule has 4 aromatic rings. The van der Waals surface area contributed by atoms with Gasteiger partial charge in [-0.1, -0.05) is 23.7 Å². The second kappa shape index (κ2) is 15.7. The van der Waals surface area contributed by atoms with Gasteiger partial charge in [0.15, 0.2) is 0 Å². The van der Waals surface area contributed by atoms with Gasteiger partial charge in [-0.3, -0.25) is 14.8 Å². The number of carbonyl (C=O) groups is 1. The predicted molar refractivity (Wildman–Crippen MR) is 177 cm³/mol. The summed E-state index contributed by atoms with van der Waals surface area (Å²) in [4.78, 5) is 23.2. The molecule has 1 amide bonds. The number of nitrogens with zero attached hydrogens (tertiary/aromatic N) is 4. The number of benzene rings is 2. The maximum Gasteiger partial charge on any atom is 0.248 e. The van der Waals surface area contributed by atoms with Gasteiger partial charge < -0.3 is 35.1 Å². The maximum absolute atomic E-state index is 13.0. The van der Waals surface area contributed by atoms with Crippen LogP contribution in [0.2, 0.25) is 5.02 Å². The lowest BCUT2D eigenvalue weighted by atomic mass is 10.1. The predicted octanol–water partition coefficient (Wildman–Crippen LogP) is 5.12. The van der Waals surface area contributed by atoms with Gasteiger partial charge in [-0.25, -0.2) is 4.90 Å². The van der Waals surface area contributed by atoms with Crippen molar-refractivity contribution in [1.82, 2.24) is 14.9 Å². The maximum atomic E-state index is 13.0. The average molecular weight is 659 g/mol. The number of aliphatic hydroxyl groups is 2. The second-order valence-corrected chi connectivity index (χ2v) is 11.3. The first-order valence-corrected chi connectivity index (χ1v) is 15.4. The summed E-state index contributed by atoms with van der Waals surface area (Å²) in [7, 11) is 0. The van der Waals surface area contributed by atoms with Gasteiger partial charge >= 0.3 is 0 Å². The lowest BCUT2D eigenvalue weighted by Crippen LogP contribution is -2.40. The van der Waals surface area contributed by atoms with Crippen molar-refractivity contribution in [2.45, 2.75) is 45.4 Å². The minimum absolute atomic E-state index is 0.141. The van der Waals surface area contributed by atoms with Crippen molar-refractivity contribution in [1.29, 1.82) is 5.26 Å². The van der Waals surface area contributed by atoms with Gasteiger partial charge in [0.1, 0.15) is 42.7 Å². The van der Waals surface area contributed by atoms with Gasteiger partial charge in [0.2, 0.25) is 5.91 Å². The third-order valence-corrected chi connectivity index (χ3v) is 7.67. The molecule has 2 aromatic carbocycles. The quantitative estimate of drug-likeness (QED) is 0.111. The standard InChI is InChI=1S/C34H35ClN6O6/c1-21(42)41(22(2)43)12-5-7-33(44)40-30-15-27-29(16-32(30)47-26-10-13-45-20-26)38-18-23(17-36)34(27)39-24-8-9-31(28(35)14-24)46-19-25-6-3-4-11-37-25/h3-9,11,14-16,18,21-22,26,42-43H,10,12-13,19-20H2,1-2H3,(H,38,39)(H,40,44)/b7-5+/t21-,22-,26-/m0/s1. The third-order valence-electron chi connectivity index (χ3n) is 7.38. The molecule has 13 heteroatoms. The van der Waals surface area contributed by atoms with Crippen LogP contribution >= 0.6 is 11.6 Å². The number of halogens is 1. The number of aliphatic hydroxyl groups excluding tert-OH is 2. The van der Waals surface area contributed by atoms with E-state index in [4.69, 9.17) is 25.8 Å². The van der Waals surface area contributed by atoms with Crippen LogP contribution in [-0.4, -0.2) is 69.3 Å². The van der Waals surface area contributed by atoms with Crippen LogP contribution in [0.5, 0.6) is 11.5 Å². The summed E-state index contributed by atoms with van der Waals surface area (Å²) < 4.78 is 17.5. The van der Waals surface area contributed by atoms with Crippen molar-refractivity contribution in [3.05, 3.63) is 89.4 Å². The normalized spacial score (nSPS) is 15.8. The molecule has 1 saturated heterocycles. The molecule has 0 bridgehead atoms. The van der Waals surface area contributed by atoms with Gasteiger partial charge in [0.25, 0.3) is 0 Å². The lowest BCUT2D eigenvalue weighted by Gasteiger charge is -2.26. The van der Waals surface area contributed by atoms with E-state index in [0.29, 0.717) is 64.1 Å². The molecule has 0 aliphatic carbocycles. The molecular weight excluding hydrogens is 624 g/mol. The molecule has 3 atom stereocenters. The third kappa shape index (κ3) is 8.74. The summed E-state index contributed by atoms with van der Waals surface area (Å²) in [6, 6.07) is 16.4. The molecular formula is C34H35ClN6O6. The Labute approximate surface area is 277 Å². The Balaban J connectivity index is 1.43. The van der Waals surface area contributed by atoms with E-state index in [0.717, 1.165) is 5.69 Å². The van der Waals surface area contributed by atoms with Gasteiger partial charge in [0, 0.05) is 48.6 Å². The van der Waals surface area contributed by atoms with Crippen molar-refractivity contribution < 1.29 is 29.2 Å². The van der Waals surface area contributed by atoms with Gasteiger partial charge in [-0.2, -0.15) is 5.26 Å². The fraction of sp³-hybridized carbons (Fsp3) is 0.294. The molecule has 5 rings (SSSR count). The van der Waals surface area contributed by atoms with Crippen molar-refractivity contribution in [3.8, 4) is 17.6 Å². The zero-order valence-corrected chi connectivity index (χ0v) is 26.6. The highest BCUT2D eigenvalue weighted by Crippen LogP contribution is 2.38. The first kappa shape index (κ1) is 33.6. The fourth-order valence-electron chi connectivity index (χ4n) is 4.97. The van der Waals surface area contributed by atoms with Gasteiger partial charge in [-0.15, -0.1) is 0 Å². The number of rotatable bonds is 13. The molecule has 244 valence electrons. The van der Waals surface area contributed by atoms with Crippen molar-refractivity contribution in [2.24, 2.45) is 0 Å². The zero-order valence-electron chi connectivity index (χ0n) is 25.9. The van der Waals surface area contributed by atoms with Crippen LogP contribution in [0.1, 0.15) is 31.5 Å². The number of ether oxygens (including phenoxy) is 3. The summed E-state index contributed by atoms with van der Waals surface area (Å²) in [5.41, 5.74) is 2.98. The number of hydrogen-bond donors (Lipinski definition) is 4. The highest BCUT2D eigenvalue weighted by atomic mass is 35.5. The van der Waals surface area contributed by atoms with E-state index in [2.05, 4.69) is 26.7 Å². The highest BCUT2D eigenvalue weighted by Gasteiger charge is 2.22. The monoisotopic (exact) mass is 658 g/mol. The molecule has 1 fully saturated rings. The van der Waals surface area contributed by atoms with E-state index in [1.165, 1.54) is 37.1 Å². The Morgan fingerprint density at radius 2 is 2.02 bits per heavy atom. The number of nitrogens with one attached hydrogen (secondary N) is 2. The van der Waals surface area contributed by atoms with E-state index < -0.39 is 18.4 Å². The topological polar surface area (TPSA) is 162 Å². The summed E-state index contributed by atoms with van der Waals surface area (Å²) in [5, 5.41) is 36.8. The number of fused-ring (bicyclic) bond motifs is 1. The molecule has 0 unspecified atom stereocenters. The van der Waals surface area contributed by atoms with E-state index in [9.17, 15) is 20.3 Å². The molecule has 0 spiro atoms. The summed E-state index contributed by atoms with van der Waals surface area (Å²) >= 11 is 6.56. The first-order chi connectivity index (χ1) is 22.7. The minimum Gasteiger partial charge on any atom is -0.486 e. The smallest absolute Gasteiger partial charge is 0.248 e. The SMILES string of the molecule is C[C@H](O)N(C/C=C/C(=O)Nc1cc2c(Nc3ccc(OCc4ccccn4)c(Cl)c3)c(C#N)cnc2cc1O[C@H]1CCOC1)[C@H](C)O. The average Bonchev–Trinajstić information content (AvgIpc) is 3.56. The van der Waals surface area contributed by atoms with Crippen molar-refractivity contribution >= 4 is 45.5 Å². The minimum atomic E-state index is -0.908. The second-order valence-electron chi connectivity index (χ2n) is 10.9. The molecule has 12 nitrogen and oxygen atoms in total. The largest absolute Gasteiger partial charge is 0.486 e. The Hall–Kier alpha value is -4.77. The number of nitriles is 1. The summed E-state index contributed by atoms with van der Waals surface area (Å²) in [6.07, 6.45) is 4.68.